The smallest absolute Gasteiger partial charge is 0.0877 e. The minimum Gasteiger partial charge on any atom is -0.396 e. The van der Waals surface area contributed by atoms with E-state index in [1.165, 1.54) is 0 Å². The Morgan fingerprint density at radius 2 is 2.47 bits per heavy atom. The minimum absolute atomic E-state index is 0.220. The van der Waals surface area contributed by atoms with Gasteiger partial charge in [0.1, 0.15) is 0 Å². The maximum Gasteiger partial charge on any atom is 0.0877 e. The van der Waals surface area contributed by atoms with Crippen LogP contribution in [-0.4, -0.2) is 21.9 Å². The molecule has 2 N–H and O–H groups in total. The van der Waals surface area contributed by atoms with E-state index in [1.54, 1.807) is 12.3 Å². The molecule has 0 saturated heterocycles. The molecule has 1 heterocycles. The summed E-state index contributed by atoms with van der Waals surface area (Å²) in [4.78, 5) is 2.71. The molecule has 6 heteroatoms. The van der Waals surface area contributed by atoms with Gasteiger partial charge in [0.2, 0.25) is 0 Å². The first-order chi connectivity index (χ1) is 7.36. The van der Waals surface area contributed by atoms with Gasteiger partial charge in [0.15, 0.2) is 0 Å². The molecule has 0 amide bonds. The number of fused-ring (bicyclic) bond motifs is 1. The van der Waals surface area contributed by atoms with Gasteiger partial charge in [-0.25, -0.2) is 0 Å². The topological polar surface area (TPSA) is 97.7 Å². The second-order valence-electron chi connectivity index (χ2n) is 3.08. The highest BCUT2D eigenvalue weighted by molar-refractivity contribution is 5.81. The molecule has 2 rings (SSSR count). The largest absolute Gasteiger partial charge is 0.396 e. The average Bonchev–Trinajstić information content (AvgIpc) is 2.73. The van der Waals surface area contributed by atoms with Gasteiger partial charge in [-0.05, 0) is 11.1 Å². The molecule has 0 spiro atoms. The fourth-order valence-electron chi connectivity index (χ4n) is 1.53. The van der Waals surface area contributed by atoms with Crippen molar-refractivity contribution < 1.29 is 5.11 Å². The van der Waals surface area contributed by atoms with Gasteiger partial charge in [0, 0.05) is 10.3 Å². The molecule has 0 fully saturated rings. The van der Waals surface area contributed by atoms with Crippen LogP contribution in [0.5, 0.6) is 0 Å². The van der Waals surface area contributed by atoms with E-state index in [2.05, 4.69) is 20.2 Å². The molecule has 0 radical (unpaired) electrons. The molecule has 0 aliphatic carbocycles. The van der Waals surface area contributed by atoms with E-state index in [0.717, 1.165) is 16.5 Å². The Balaban J connectivity index is 2.58. The number of nitrogens with zero attached hydrogens (tertiary/aromatic N) is 4. The molecule has 6 nitrogen and oxygen atoms in total. The molecule has 0 bridgehead atoms. The number of aliphatic hydroxyl groups is 1. The van der Waals surface area contributed by atoms with E-state index >= 15 is 0 Å². The molecule has 76 valence electrons. The Kier molecular flexibility index (Phi) is 2.53. The molecule has 0 aliphatic heterocycles. The first kappa shape index (κ1) is 9.51. The van der Waals surface area contributed by atoms with Gasteiger partial charge in [-0.15, -0.1) is 0 Å². The summed E-state index contributed by atoms with van der Waals surface area (Å²) in [6, 6.07) is 4.96. The average molecular weight is 203 g/mol. The van der Waals surface area contributed by atoms with Crippen LogP contribution in [0.2, 0.25) is 0 Å². The SMILES string of the molecule is [N-]=[N+]=NC(CO)c1cccc2cn[nH]c12. The van der Waals surface area contributed by atoms with Crippen LogP contribution in [0.3, 0.4) is 0 Å². The number of para-hydroxylation sites is 1. The van der Waals surface area contributed by atoms with Crippen LogP contribution in [-0.2, 0) is 0 Å². The number of hydrogen-bond donors (Lipinski definition) is 2. The summed E-state index contributed by atoms with van der Waals surface area (Å²) in [5, 5.41) is 20.3. The lowest BCUT2D eigenvalue weighted by atomic mass is 10.1. The molecular formula is C9H9N5O. The minimum atomic E-state index is -0.570. The molecule has 1 aromatic carbocycles. The number of aromatic amines is 1. The number of aromatic nitrogens is 2. The summed E-state index contributed by atoms with van der Waals surface area (Å²) in [6.45, 7) is -0.220. The number of H-pyrrole nitrogens is 1. The number of hydrogen-bond acceptors (Lipinski definition) is 3. The number of aliphatic hydroxyl groups excluding tert-OH is 1. The monoisotopic (exact) mass is 203 g/mol. The first-order valence-electron chi connectivity index (χ1n) is 4.44. The molecule has 1 aromatic heterocycles. The Morgan fingerprint density at radius 3 is 3.20 bits per heavy atom. The molecule has 1 atom stereocenters. The van der Waals surface area contributed by atoms with Gasteiger partial charge in [-0.1, -0.05) is 23.3 Å². The summed E-state index contributed by atoms with van der Waals surface area (Å²) in [5.74, 6) is 0. The van der Waals surface area contributed by atoms with Crippen molar-refractivity contribution in [1.29, 1.82) is 0 Å². The van der Waals surface area contributed by atoms with Crippen LogP contribution in [0.4, 0.5) is 0 Å². The molecule has 1 unspecified atom stereocenters. The van der Waals surface area contributed by atoms with Crippen molar-refractivity contribution in [3.05, 3.63) is 40.4 Å². The zero-order chi connectivity index (χ0) is 10.7. The van der Waals surface area contributed by atoms with Crippen molar-refractivity contribution in [3.63, 3.8) is 0 Å². The van der Waals surface area contributed by atoms with E-state index in [-0.39, 0.29) is 6.61 Å². The highest BCUT2D eigenvalue weighted by atomic mass is 16.3. The molecule has 0 aliphatic rings. The maximum atomic E-state index is 9.11. The molecule has 15 heavy (non-hydrogen) atoms. The lowest BCUT2D eigenvalue weighted by molar-refractivity contribution is 0.268. The van der Waals surface area contributed by atoms with E-state index in [1.807, 2.05) is 12.1 Å². The highest BCUT2D eigenvalue weighted by Crippen LogP contribution is 2.24. The van der Waals surface area contributed by atoms with Crippen LogP contribution in [0.1, 0.15) is 11.6 Å². The quantitative estimate of drug-likeness (QED) is 0.452. The third-order valence-electron chi connectivity index (χ3n) is 2.23. The molecule has 0 saturated carbocycles. The maximum absolute atomic E-state index is 9.11. The number of nitrogens with one attached hydrogen (secondary N) is 1. The Labute approximate surface area is 85.2 Å². The van der Waals surface area contributed by atoms with E-state index in [0.29, 0.717) is 0 Å². The Morgan fingerprint density at radius 1 is 1.60 bits per heavy atom. The lowest BCUT2D eigenvalue weighted by Crippen LogP contribution is -2.00. The van der Waals surface area contributed by atoms with E-state index in [9.17, 15) is 0 Å². The number of rotatable bonds is 3. The normalized spacial score (nSPS) is 12.3. The zero-order valence-corrected chi connectivity index (χ0v) is 7.83. The zero-order valence-electron chi connectivity index (χ0n) is 7.83. The van der Waals surface area contributed by atoms with Crippen molar-refractivity contribution in [1.82, 2.24) is 10.2 Å². The fraction of sp³-hybridized carbons (Fsp3) is 0.222. The Hall–Kier alpha value is -2.04. The molecular weight excluding hydrogens is 194 g/mol. The van der Waals surface area contributed by atoms with Gasteiger partial charge >= 0.3 is 0 Å². The van der Waals surface area contributed by atoms with Gasteiger partial charge in [0.05, 0.1) is 24.4 Å². The van der Waals surface area contributed by atoms with Crippen LogP contribution < -0.4 is 0 Å². The van der Waals surface area contributed by atoms with Crippen molar-refractivity contribution in [2.24, 2.45) is 5.11 Å². The predicted octanol–water partition coefficient (Wildman–Crippen LogP) is 1.91. The second kappa shape index (κ2) is 4.00. The van der Waals surface area contributed by atoms with E-state index in [4.69, 9.17) is 10.6 Å². The third-order valence-corrected chi connectivity index (χ3v) is 2.23. The van der Waals surface area contributed by atoms with Gasteiger partial charge < -0.3 is 5.11 Å². The third kappa shape index (κ3) is 1.63. The summed E-state index contributed by atoms with van der Waals surface area (Å²) in [7, 11) is 0. The van der Waals surface area contributed by atoms with Gasteiger partial charge in [0.25, 0.3) is 0 Å². The fourth-order valence-corrected chi connectivity index (χ4v) is 1.53. The van der Waals surface area contributed by atoms with E-state index < -0.39 is 6.04 Å². The predicted molar refractivity (Wildman–Crippen MR) is 55.1 cm³/mol. The van der Waals surface area contributed by atoms with Gasteiger partial charge in [-0.2, -0.15) is 5.10 Å². The summed E-state index contributed by atoms with van der Waals surface area (Å²) in [6.07, 6.45) is 1.68. The highest BCUT2D eigenvalue weighted by Gasteiger charge is 2.12. The number of benzene rings is 1. The van der Waals surface area contributed by atoms with Crippen molar-refractivity contribution in [2.75, 3.05) is 6.61 Å². The van der Waals surface area contributed by atoms with Crippen molar-refractivity contribution in [3.8, 4) is 0 Å². The summed E-state index contributed by atoms with van der Waals surface area (Å²) >= 11 is 0. The van der Waals surface area contributed by atoms with Crippen LogP contribution in [0.15, 0.2) is 29.5 Å². The summed E-state index contributed by atoms with van der Waals surface area (Å²) < 4.78 is 0. The van der Waals surface area contributed by atoms with Gasteiger partial charge in [-0.3, -0.25) is 5.10 Å². The lowest BCUT2D eigenvalue weighted by Gasteiger charge is -2.08. The van der Waals surface area contributed by atoms with Crippen LogP contribution in [0.25, 0.3) is 21.3 Å². The standard InChI is InChI=1S/C9H9N5O/c10-14-12-8(5-15)7-3-1-2-6-4-11-13-9(6)7/h1-4,8,15H,5H2,(H,11,13). The number of azide groups is 1. The molecule has 2 aromatic rings. The second-order valence-corrected chi connectivity index (χ2v) is 3.08. The van der Waals surface area contributed by atoms with Crippen LogP contribution in [0, 0.1) is 0 Å². The van der Waals surface area contributed by atoms with Crippen molar-refractivity contribution in [2.45, 2.75) is 6.04 Å². The summed E-state index contributed by atoms with van der Waals surface area (Å²) in [5.41, 5.74) is 9.92. The first-order valence-corrected chi connectivity index (χ1v) is 4.44. The van der Waals surface area contributed by atoms with Crippen LogP contribution >= 0.6 is 0 Å². The van der Waals surface area contributed by atoms with Crippen molar-refractivity contribution >= 4 is 10.9 Å². The Bertz CT molecular complexity index is 514.